The van der Waals surface area contributed by atoms with Gasteiger partial charge in [-0.3, -0.25) is 0 Å². The molecule has 0 radical (unpaired) electrons. The van der Waals surface area contributed by atoms with Gasteiger partial charge in [0.1, 0.15) is 11.2 Å². The average molecular weight is 693 g/mol. The van der Waals surface area contributed by atoms with Crippen LogP contribution in [0.2, 0.25) is 0 Å². The van der Waals surface area contributed by atoms with E-state index in [1.165, 1.54) is 44.1 Å². The third-order valence-corrected chi connectivity index (χ3v) is 11.5. The van der Waals surface area contributed by atoms with Crippen molar-refractivity contribution < 1.29 is 4.42 Å². The average Bonchev–Trinajstić information content (AvgIpc) is 3.83. The van der Waals surface area contributed by atoms with Crippen molar-refractivity contribution in [2.45, 2.75) is 19.3 Å². The number of furan rings is 1. The minimum absolute atomic E-state index is 0.122. The Balaban J connectivity index is 1.24. The fraction of sp³-hybridized carbons (Fsp3) is 0.0588. The van der Waals surface area contributed by atoms with E-state index in [9.17, 15) is 0 Å². The monoisotopic (exact) mass is 692 g/mol. The van der Waals surface area contributed by atoms with Crippen LogP contribution in [0.4, 0.5) is 17.1 Å². The highest BCUT2D eigenvalue weighted by Gasteiger charge is 2.36. The van der Waals surface area contributed by atoms with Crippen molar-refractivity contribution >= 4 is 60.8 Å². The normalized spacial score (nSPS) is 13.1. The molecule has 0 atom stereocenters. The van der Waals surface area contributed by atoms with Crippen LogP contribution in [0.15, 0.2) is 186 Å². The lowest BCUT2D eigenvalue weighted by atomic mass is 9.82. The van der Waals surface area contributed by atoms with Gasteiger partial charge in [-0.15, -0.1) is 0 Å². The molecule has 11 rings (SSSR count). The van der Waals surface area contributed by atoms with Crippen molar-refractivity contribution in [1.29, 1.82) is 0 Å². The second-order valence-corrected chi connectivity index (χ2v) is 15.0. The summed E-state index contributed by atoms with van der Waals surface area (Å²) in [4.78, 5) is 2.36. The smallest absolute Gasteiger partial charge is 0.143 e. The van der Waals surface area contributed by atoms with Crippen molar-refractivity contribution in [2.75, 3.05) is 4.90 Å². The maximum absolute atomic E-state index is 6.66. The van der Waals surface area contributed by atoms with Gasteiger partial charge < -0.3 is 13.9 Å². The van der Waals surface area contributed by atoms with Crippen LogP contribution in [0.5, 0.6) is 0 Å². The predicted octanol–water partition coefficient (Wildman–Crippen LogP) is 14.1. The van der Waals surface area contributed by atoms with Gasteiger partial charge in [0.05, 0.1) is 11.0 Å². The number of hydrogen-bond acceptors (Lipinski definition) is 2. The van der Waals surface area contributed by atoms with Crippen molar-refractivity contribution in [1.82, 2.24) is 4.57 Å². The maximum atomic E-state index is 6.66. The van der Waals surface area contributed by atoms with E-state index in [0.29, 0.717) is 0 Å². The van der Waals surface area contributed by atoms with Crippen molar-refractivity contribution in [3.05, 3.63) is 193 Å². The van der Waals surface area contributed by atoms with Crippen molar-refractivity contribution in [2.24, 2.45) is 0 Å². The topological polar surface area (TPSA) is 21.3 Å². The van der Waals surface area contributed by atoms with Crippen LogP contribution < -0.4 is 4.90 Å². The van der Waals surface area contributed by atoms with Gasteiger partial charge >= 0.3 is 0 Å². The minimum atomic E-state index is -0.122. The summed E-state index contributed by atoms with van der Waals surface area (Å²) in [6.07, 6.45) is 0. The lowest BCUT2D eigenvalue weighted by Gasteiger charge is -2.27. The van der Waals surface area contributed by atoms with Gasteiger partial charge in [0.15, 0.2) is 0 Å². The first kappa shape index (κ1) is 30.8. The molecule has 0 spiro atoms. The zero-order valence-electron chi connectivity index (χ0n) is 30.1. The molecular formula is C51H36N2O. The molecule has 0 N–H and O–H groups in total. The minimum Gasteiger partial charge on any atom is -0.455 e. The Hall–Kier alpha value is -6.84. The predicted molar refractivity (Wildman–Crippen MR) is 226 cm³/mol. The Labute approximate surface area is 314 Å². The fourth-order valence-corrected chi connectivity index (χ4v) is 9.03. The lowest BCUT2D eigenvalue weighted by molar-refractivity contribution is 0.661. The molecule has 0 fully saturated rings. The highest BCUT2D eigenvalue weighted by molar-refractivity contribution is 6.13. The standard InChI is InChI=1S/C51H36N2O/c1-51(2)45-25-12-9-20-39(45)43-31-44-40-21-10-13-26-47(40)53(48(44)32-46(43)51)37-29-33(38-23-15-24-42-41-22-11-14-27-49(41)54-50(38)42)28-36(30-37)52(34-16-5-3-6-17-34)35-18-7-4-8-19-35/h3-32H,1-2H3. The van der Waals surface area contributed by atoms with E-state index in [0.717, 1.165) is 55.8 Å². The summed E-state index contributed by atoms with van der Waals surface area (Å²) >= 11 is 0. The fourth-order valence-electron chi connectivity index (χ4n) is 9.03. The molecule has 1 aliphatic rings. The van der Waals surface area contributed by atoms with Crippen molar-refractivity contribution in [3.8, 4) is 27.9 Å². The zero-order chi connectivity index (χ0) is 36.0. The molecule has 3 heteroatoms. The van der Waals surface area contributed by atoms with Crippen LogP contribution in [-0.4, -0.2) is 4.57 Å². The second kappa shape index (κ2) is 11.6. The van der Waals surface area contributed by atoms with Crippen LogP contribution >= 0.6 is 0 Å². The SMILES string of the molecule is CC1(C)c2ccccc2-c2cc3c4ccccc4n(-c4cc(-c5cccc6c5oc5ccccc56)cc(N(c5ccccc5)c5ccccc5)c4)c3cc21. The summed E-state index contributed by atoms with van der Waals surface area (Å²) in [6, 6.07) is 65.9. The van der Waals surface area contributed by atoms with E-state index in [-0.39, 0.29) is 5.41 Å². The maximum Gasteiger partial charge on any atom is 0.143 e. The van der Waals surface area contributed by atoms with Crippen LogP contribution in [0, 0.1) is 0 Å². The lowest BCUT2D eigenvalue weighted by Crippen LogP contribution is -2.15. The number of aromatic nitrogens is 1. The number of para-hydroxylation sites is 5. The Morgan fingerprint density at radius 2 is 1.09 bits per heavy atom. The number of hydrogen-bond donors (Lipinski definition) is 0. The number of benzene rings is 8. The number of rotatable bonds is 5. The van der Waals surface area contributed by atoms with Crippen LogP contribution in [0.25, 0.3) is 71.7 Å². The molecule has 0 amide bonds. The molecule has 256 valence electrons. The summed E-state index contributed by atoms with van der Waals surface area (Å²) < 4.78 is 9.14. The molecule has 0 unspecified atom stereocenters. The van der Waals surface area contributed by atoms with Crippen LogP contribution in [-0.2, 0) is 5.41 Å². The van der Waals surface area contributed by atoms with E-state index < -0.39 is 0 Å². The molecule has 0 saturated heterocycles. The largest absolute Gasteiger partial charge is 0.455 e. The first-order valence-electron chi connectivity index (χ1n) is 18.7. The molecule has 8 aromatic carbocycles. The first-order valence-corrected chi connectivity index (χ1v) is 18.7. The summed E-state index contributed by atoms with van der Waals surface area (Å²) in [5, 5.41) is 4.74. The molecule has 1 aliphatic carbocycles. The van der Waals surface area contributed by atoms with Gasteiger partial charge in [-0.2, -0.15) is 0 Å². The van der Waals surface area contributed by atoms with Gasteiger partial charge in [-0.25, -0.2) is 0 Å². The molecule has 0 aliphatic heterocycles. The summed E-state index contributed by atoms with van der Waals surface area (Å²) in [6.45, 7) is 4.72. The van der Waals surface area contributed by atoms with E-state index in [2.05, 4.69) is 199 Å². The molecule has 3 nitrogen and oxygen atoms in total. The van der Waals surface area contributed by atoms with Crippen molar-refractivity contribution in [3.63, 3.8) is 0 Å². The van der Waals surface area contributed by atoms with Crippen LogP contribution in [0.1, 0.15) is 25.0 Å². The second-order valence-electron chi connectivity index (χ2n) is 15.0. The summed E-state index contributed by atoms with van der Waals surface area (Å²) in [5.74, 6) is 0. The number of nitrogens with zero attached hydrogens (tertiary/aromatic N) is 2. The van der Waals surface area contributed by atoms with Gasteiger partial charge in [-0.1, -0.05) is 129 Å². The summed E-state index contributed by atoms with van der Waals surface area (Å²) in [5.41, 5.74) is 15.9. The molecule has 10 aromatic rings. The molecular weight excluding hydrogens is 657 g/mol. The number of anilines is 3. The Kier molecular flexibility index (Phi) is 6.60. The summed E-state index contributed by atoms with van der Waals surface area (Å²) in [7, 11) is 0. The highest BCUT2D eigenvalue weighted by Crippen LogP contribution is 2.51. The van der Waals surface area contributed by atoms with Gasteiger partial charge in [-0.05, 0) is 94.5 Å². The van der Waals surface area contributed by atoms with E-state index in [1.807, 2.05) is 6.07 Å². The third-order valence-electron chi connectivity index (χ3n) is 11.5. The molecule has 2 aromatic heterocycles. The zero-order valence-corrected chi connectivity index (χ0v) is 30.1. The molecule has 0 bridgehead atoms. The third kappa shape index (κ3) is 4.48. The molecule has 0 saturated carbocycles. The molecule has 54 heavy (non-hydrogen) atoms. The Morgan fingerprint density at radius 3 is 1.89 bits per heavy atom. The Bertz CT molecular complexity index is 3040. The highest BCUT2D eigenvalue weighted by atomic mass is 16.3. The number of fused-ring (bicyclic) bond motifs is 9. The van der Waals surface area contributed by atoms with Crippen LogP contribution in [0.3, 0.4) is 0 Å². The van der Waals surface area contributed by atoms with Gasteiger partial charge in [0.2, 0.25) is 0 Å². The molecule has 2 heterocycles. The van der Waals surface area contributed by atoms with E-state index >= 15 is 0 Å². The first-order chi connectivity index (χ1) is 26.5. The van der Waals surface area contributed by atoms with E-state index in [1.54, 1.807) is 0 Å². The van der Waals surface area contributed by atoms with Gasteiger partial charge in [0, 0.05) is 55.3 Å². The quantitative estimate of drug-likeness (QED) is 0.179. The van der Waals surface area contributed by atoms with Gasteiger partial charge in [0.25, 0.3) is 0 Å². The van der Waals surface area contributed by atoms with E-state index in [4.69, 9.17) is 4.42 Å². The Morgan fingerprint density at radius 1 is 0.444 bits per heavy atom.